The average molecular weight is 360 g/mol. The number of carbonyl (C=O) groups is 2. The Morgan fingerprint density at radius 3 is 2.46 bits per heavy atom. The van der Waals surface area contributed by atoms with Crippen LogP contribution in [0.2, 0.25) is 0 Å². The molecule has 7 nitrogen and oxygen atoms in total. The van der Waals surface area contributed by atoms with Gasteiger partial charge in [0.15, 0.2) is 0 Å². The summed E-state index contributed by atoms with van der Waals surface area (Å²) in [4.78, 5) is 31.4. The molecule has 3 rings (SSSR count). The highest BCUT2D eigenvalue weighted by Gasteiger charge is 2.21. The van der Waals surface area contributed by atoms with Crippen molar-refractivity contribution in [3.05, 3.63) is 35.4 Å². The van der Waals surface area contributed by atoms with E-state index in [0.29, 0.717) is 17.7 Å². The number of nitrogens with one attached hydrogen (secondary N) is 1. The molecule has 1 aromatic rings. The number of likely N-dealkylation sites (N-methyl/N-ethyl adjacent to an activating group) is 1. The topological polar surface area (TPSA) is 65.1 Å². The van der Waals surface area contributed by atoms with E-state index in [2.05, 4.69) is 22.2 Å². The molecule has 0 radical (unpaired) electrons. The van der Waals surface area contributed by atoms with Gasteiger partial charge in [0.1, 0.15) is 0 Å². The van der Waals surface area contributed by atoms with Gasteiger partial charge in [-0.1, -0.05) is 6.07 Å². The molecule has 2 aliphatic rings. The predicted molar refractivity (Wildman–Crippen MR) is 99.4 cm³/mol. The largest absolute Gasteiger partial charge is 0.379 e. The molecule has 2 saturated heterocycles. The van der Waals surface area contributed by atoms with Crippen molar-refractivity contribution in [1.82, 2.24) is 20.0 Å². The summed E-state index contributed by atoms with van der Waals surface area (Å²) in [7, 11) is 2.06. The molecule has 0 aromatic heterocycles. The molecule has 1 N–H and O–H groups in total. The number of hydrogen-bond donors (Lipinski definition) is 1. The molecule has 7 heteroatoms. The average Bonchev–Trinajstić information content (AvgIpc) is 2.69. The highest BCUT2D eigenvalue weighted by molar-refractivity contribution is 5.99. The van der Waals surface area contributed by atoms with Gasteiger partial charge in [0.05, 0.1) is 13.2 Å². The summed E-state index contributed by atoms with van der Waals surface area (Å²) in [5.41, 5.74) is 1.11. The van der Waals surface area contributed by atoms with E-state index in [4.69, 9.17) is 4.74 Å². The van der Waals surface area contributed by atoms with Crippen LogP contribution in [-0.4, -0.2) is 99.1 Å². The Labute approximate surface area is 154 Å². The van der Waals surface area contributed by atoms with Gasteiger partial charge in [-0.2, -0.15) is 0 Å². The van der Waals surface area contributed by atoms with Crippen LogP contribution in [0, 0.1) is 0 Å². The zero-order valence-electron chi connectivity index (χ0n) is 15.4. The summed E-state index contributed by atoms with van der Waals surface area (Å²) in [6, 6.07) is 7.01. The van der Waals surface area contributed by atoms with Crippen LogP contribution >= 0.6 is 0 Å². The minimum absolute atomic E-state index is 0.000988. The number of nitrogens with zero attached hydrogens (tertiary/aromatic N) is 3. The zero-order chi connectivity index (χ0) is 18.4. The molecule has 2 heterocycles. The molecular formula is C19H28N4O3. The molecule has 0 atom stereocenters. The van der Waals surface area contributed by atoms with E-state index in [1.54, 1.807) is 24.3 Å². The maximum atomic E-state index is 12.7. The third-order valence-electron chi connectivity index (χ3n) is 4.98. The van der Waals surface area contributed by atoms with Gasteiger partial charge < -0.3 is 19.9 Å². The molecule has 2 aliphatic heterocycles. The van der Waals surface area contributed by atoms with Gasteiger partial charge in [-0.25, -0.2) is 0 Å². The van der Waals surface area contributed by atoms with Crippen LogP contribution in [-0.2, 0) is 4.74 Å². The third kappa shape index (κ3) is 5.03. The minimum Gasteiger partial charge on any atom is -0.379 e. The maximum absolute atomic E-state index is 12.7. The van der Waals surface area contributed by atoms with E-state index in [1.807, 2.05) is 4.90 Å². The van der Waals surface area contributed by atoms with Crippen molar-refractivity contribution in [2.45, 2.75) is 0 Å². The molecule has 2 amide bonds. The minimum atomic E-state index is -0.133. The van der Waals surface area contributed by atoms with E-state index < -0.39 is 0 Å². The first-order chi connectivity index (χ1) is 12.6. The van der Waals surface area contributed by atoms with Crippen LogP contribution in [0.4, 0.5) is 0 Å². The van der Waals surface area contributed by atoms with Gasteiger partial charge in [0.2, 0.25) is 0 Å². The molecule has 2 fully saturated rings. The quantitative estimate of drug-likeness (QED) is 0.809. The normalized spacial score (nSPS) is 19.3. The lowest BCUT2D eigenvalue weighted by Crippen LogP contribution is -2.47. The molecular weight excluding hydrogens is 332 g/mol. The zero-order valence-corrected chi connectivity index (χ0v) is 15.4. The Kier molecular flexibility index (Phi) is 6.60. The molecule has 1 aromatic carbocycles. The number of benzene rings is 1. The Morgan fingerprint density at radius 2 is 1.73 bits per heavy atom. The van der Waals surface area contributed by atoms with Gasteiger partial charge >= 0.3 is 0 Å². The monoisotopic (exact) mass is 360 g/mol. The fourth-order valence-corrected chi connectivity index (χ4v) is 3.24. The van der Waals surface area contributed by atoms with E-state index in [-0.39, 0.29) is 11.8 Å². The Hall–Kier alpha value is -1.96. The second-order valence-electron chi connectivity index (χ2n) is 6.89. The summed E-state index contributed by atoms with van der Waals surface area (Å²) >= 11 is 0. The first kappa shape index (κ1) is 18.8. The van der Waals surface area contributed by atoms with E-state index in [9.17, 15) is 9.59 Å². The number of amides is 2. The summed E-state index contributed by atoms with van der Waals surface area (Å²) in [5.74, 6) is -0.132. The molecule has 26 heavy (non-hydrogen) atoms. The van der Waals surface area contributed by atoms with E-state index in [0.717, 1.165) is 59.0 Å². The summed E-state index contributed by atoms with van der Waals surface area (Å²) in [5, 5.41) is 2.94. The standard InChI is InChI=1S/C19H28N4O3/c1-21-7-9-23(10-8-21)19(25)17-4-2-3-16(15-17)18(24)20-5-6-22-11-13-26-14-12-22/h2-4,15H,5-14H2,1H3,(H,20,24). The van der Waals surface area contributed by atoms with Gasteiger partial charge in [0, 0.05) is 63.5 Å². The molecule has 0 spiro atoms. The number of hydrogen-bond acceptors (Lipinski definition) is 5. The van der Waals surface area contributed by atoms with Gasteiger partial charge in [0.25, 0.3) is 11.8 Å². The first-order valence-electron chi connectivity index (χ1n) is 9.29. The van der Waals surface area contributed by atoms with Crippen LogP contribution in [0.15, 0.2) is 24.3 Å². The van der Waals surface area contributed by atoms with E-state index >= 15 is 0 Å². The summed E-state index contributed by atoms with van der Waals surface area (Å²) in [6.07, 6.45) is 0. The summed E-state index contributed by atoms with van der Waals surface area (Å²) in [6.45, 7) is 7.95. The molecule has 142 valence electrons. The first-order valence-corrected chi connectivity index (χ1v) is 9.29. The number of morpholine rings is 1. The number of rotatable bonds is 5. The van der Waals surface area contributed by atoms with Crippen LogP contribution in [0.25, 0.3) is 0 Å². The van der Waals surface area contributed by atoms with Crippen molar-refractivity contribution in [3.8, 4) is 0 Å². The number of carbonyl (C=O) groups excluding carboxylic acids is 2. The highest BCUT2D eigenvalue weighted by Crippen LogP contribution is 2.11. The Balaban J connectivity index is 1.52. The lowest BCUT2D eigenvalue weighted by Gasteiger charge is -2.32. The van der Waals surface area contributed by atoms with Crippen LogP contribution in [0.3, 0.4) is 0 Å². The van der Waals surface area contributed by atoms with Gasteiger partial charge in [-0.15, -0.1) is 0 Å². The van der Waals surface area contributed by atoms with Gasteiger partial charge in [-0.3, -0.25) is 14.5 Å². The predicted octanol–water partition coefficient (Wildman–Crippen LogP) is 0.136. The fraction of sp³-hybridized carbons (Fsp3) is 0.579. The van der Waals surface area contributed by atoms with E-state index in [1.165, 1.54) is 0 Å². The second-order valence-corrected chi connectivity index (χ2v) is 6.89. The highest BCUT2D eigenvalue weighted by atomic mass is 16.5. The number of piperazine rings is 1. The van der Waals surface area contributed by atoms with Crippen molar-refractivity contribution in [2.75, 3.05) is 72.6 Å². The second kappa shape index (κ2) is 9.12. The van der Waals surface area contributed by atoms with Crippen molar-refractivity contribution >= 4 is 11.8 Å². The fourth-order valence-electron chi connectivity index (χ4n) is 3.24. The SMILES string of the molecule is CN1CCN(C(=O)c2cccc(C(=O)NCCN3CCOCC3)c2)CC1. The lowest BCUT2D eigenvalue weighted by atomic mass is 10.1. The maximum Gasteiger partial charge on any atom is 0.253 e. The van der Waals surface area contributed by atoms with Crippen molar-refractivity contribution in [2.24, 2.45) is 0 Å². The number of ether oxygens (including phenoxy) is 1. The Bertz CT molecular complexity index is 623. The molecule has 0 aliphatic carbocycles. The summed E-state index contributed by atoms with van der Waals surface area (Å²) < 4.78 is 5.32. The molecule has 0 saturated carbocycles. The lowest BCUT2D eigenvalue weighted by molar-refractivity contribution is 0.0383. The Morgan fingerprint density at radius 1 is 1.04 bits per heavy atom. The molecule has 0 unspecified atom stereocenters. The van der Waals surface area contributed by atoms with Crippen molar-refractivity contribution < 1.29 is 14.3 Å². The van der Waals surface area contributed by atoms with Crippen LogP contribution < -0.4 is 5.32 Å². The molecule has 0 bridgehead atoms. The van der Waals surface area contributed by atoms with Crippen LogP contribution in [0.5, 0.6) is 0 Å². The smallest absolute Gasteiger partial charge is 0.253 e. The third-order valence-corrected chi connectivity index (χ3v) is 4.98. The van der Waals surface area contributed by atoms with Crippen molar-refractivity contribution in [1.29, 1.82) is 0 Å². The van der Waals surface area contributed by atoms with Crippen molar-refractivity contribution in [3.63, 3.8) is 0 Å². The van der Waals surface area contributed by atoms with Gasteiger partial charge in [-0.05, 0) is 25.2 Å². The van der Waals surface area contributed by atoms with Crippen LogP contribution in [0.1, 0.15) is 20.7 Å².